The molecule has 0 bridgehead atoms. The number of alkyl halides is 2. The Kier molecular flexibility index (Phi) is 9.96. The van der Waals surface area contributed by atoms with Crippen molar-refractivity contribution in [3.8, 4) is 0 Å². The summed E-state index contributed by atoms with van der Waals surface area (Å²) in [6, 6.07) is 0. The Hall–Kier alpha value is 0.700. The summed E-state index contributed by atoms with van der Waals surface area (Å²) in [4.78, 5) is 8.92. The molecule has 0 aliphatic rings. The van der Waals surface area contributed by atoms with E-state index in [9.17, 15) is 13.2 Å². The van der Waals surface area contributed by atoms with E-state index in [0.717, 1.165) is 4.43 Å². The fourth-order valence-corrected chi connectivity index (χ4v) is 2.84. The van der Waals surface area contributed by atoms with E-state index in [1.807, 2.05) is 0 Å². The summed E-state index contributed by atoms with van der Waals surface area (Å²) in [5.41, 5.74) is -1.23. The molecule has 8 heteroatoms. The van der Waals surface area contributed by atoms with Gasteiger partial charge in [-0.2, -0.15) is 4.20 Å². The second-order valence-electron chi connectivity index (χ2n) is 4.20. The van der Waals surface area contributed by atoms with Gasteiger partial charge in [0.15, 0.2) is 0 Å². The van der Waals surface area contributed by atoms with Crippen LogP contribution in [0.25, 0.3) is 0 Å². The van der Waals surface area contributed by atoms with Crippen molar-refractivity contribution in [2.75, 3.05) is 24.2 Å². The van der Waals surface area contributed by atoms with Gasteiger partial charge in [-0.05, 0) is 6.42 Å². The van der Waals surface area contributed by atoms with Crippen LogP contribution >= 0.6 is 30.3 Å². The van der Waals surface area contributed by atoms with Crippen molar-refractivity contribution < 1.29 is 27.5 Å². The highest BCUT2D eigenvalue weighted by Crippen LogP contribution is 2.52. The molecule has 0 fully saturated rings. The third kappa shape index (κ3) is 8.55. The molecule has 0 spiro atoms. The summed E-state index contributed by atoms with van der Waals surface area (Å²) < 4.78 is 49.4. The zero-order valence-electron chi connectivity index (χ0n) is 11.3. The summed E-state index contributed by atoms with van der Waals surface area (Å²) in [6.45, 7) is 3.95. The third-order valence-electron chi connectivity index (χ3n) is 2.80. The highest BCUT2D eigenvalue weighted by atomic mass is 127. The molecule has 0 saturated heterocycles. The number of ether oxygens (including phenoxy) is 2. The van der Waals surface area contributed by atoms with E-state index < -0.39 is 25.6 Å². The van der Waals surface area contributed by atoms with Gasteiger partial charge in [0, 0.05) is 17.3 Å². The minimum absolute atomic E-state index is 0.00418. The molecule has 0 rings (SSSR count). The SMILES string of the molecule is CCC(CC(F)(CC)OCCOCCI)P(=O)(O)F. The number of hydrogen-bond acceptors (Lipinski definition) is 3. The Morgan fingerprint density at radius 1 is 1.37 bits per heavy atom. The van der Waals surface area contributed by atoms with Gasteiger partial charge in [0.25, 0.3) is 0 Å². The second-order valence-corrected chi connectivity index (χ2v) is 7.10. The van der Waals surface area contributed by atoms with E-state index in [2.05, 4.69) is 22.6 Å². The van der Waals surface area contributed by atoms with E-state index >= 15 is 0 Å². The predicted octanol–water partition coefficient (Wildman–Crippen LogP) is 3.85. The van der Waals surface area contributed by atoms with Crippen molar-refractivity contribution in [1.82, 2.24) is 0 Å². The summed E-state index contributed by atoms with van der Waals surface area (Å²) in [5, 5.41) is 0. The van der Waals surface area contributed by atoms with Gasteiger partial charge in [-0.15, -0.1) is 0 Å². The molecule has 0 aliphatic carbocycles. The molecular formula is C11H22F2IO4P. The summed E-state index contributed by atoms with van der Waals surface area (Å²) >= 11 is 2.15. The van der Waals surface area contributed by atoms with E-state index in [1.54, 1.807) is 13.8 Å². The third-order valence-corrected chi connectivity index (χ3v) is 4.69. The van der Waals surface area contributed by atoms with Gasteiger partial charge < -0.3 is 14.4 Å². The van der Waals surface area contributed by atoms with E-state index in [4.69, 9.17) is 14.4 Å². The monoisotopic (exact) mass is 414 g/mol. The van der Waals surface area contributed by atoms with Gasteiger partial charge in [0.05, 0.1) is 25.5 Å². The molecule has 19 heavy (non-hydrogen) atoms. The lowest BCUT2D eigenvalue weighted by atomic mass is 10.1. The molecule has 116 valence electrons. The molecule has 0 radical (unpaired) electrons. The van der Waals surface area contributed by atoms with Crippen LogP contribution in [-0.2, 0) is 14.0 Å². The number of hydrogen-bond donors (Lipinski definition) is 1. The Morgan fingerprint density at radius 2 is 2.00 bits per heavy atom. The average molecular weight is 414 g/mol. The van der Waals surface area contributed by atoms with E-state index in [1.165, 1.54) is 0 Å². The van der Waals surface area contributed by atoms with Gasteiger partial charge in [0.2, 0.25) is 5.85 Å². The maximum atomic E-state index is 14.3. The first-order valence-electron chi connectivity index (χ1n) is 6.27. The first-order valence-corrected chi connectivity index (χ1v) is 9.42. The smallest absolute Gasteiger partial charge is 0.368 e. The zero-order valence-corrected chi connectivity index (χ0v) is 14.3. The predicted molar refractivity (Wildman–Crippen MR) is 79.4 cm³/mol. The number of rotatable bonds is 11. The van der Waals surface area contributed by atoms with Crippen LogP contribution in [0, 0.1) is 0 Å². The van der Waals surface area contributed by atoms with Crippen LogP contribution in [0.2, 0.25) is 0 Å². The Bertz CT molecular complexity index is 290. The largest absolute Gasteiger partial charge is 0.378 e. The van der Waals surface area contributed by atoms with Crippen LogP contribution in [0.3, 0.4) is 0 Å². The standard InChI is InChI=1S/C11H22F2IO4P/c1-3-10(19(13,15)16)9-11(12,4-2)18-8-7-17-6-5-14/h10H,3-9H2,1-2H3,(H,15,16). The fraction of sp³-hybridized carbons (Fsp3) is 1.00. The second kappa shape index (κ2) is 9.60. The fourth-order valence-electron chi connectivity index (χ4n) is 1.58. The van der Waals surface area contributed by atoms with Crippen LogP contribution < -0.4 is 0 Å². The van der Waals surface area contributed by atoms with Crippen LogP contribution in [-0.4, -0.2) is 40.7 Å². The summed E-state index contributed by atoms with van der Waals surface area (Å²) in [7, 11) is -4.79. The first-order chi connectivity index (χ1) is 8.79. The van der Waals surface area contributed by atoms with Gasteiger partial charge in [-0.25, -0.2) is 4.39 Å². The summed E-state index contributed by atoms with van der Waals surface area (Å²) in [6.07, 6.45) is -0.336. The molecule has 4 nitrogen and oxygen atoms in total. The lowest BCUT2D eigenvalue weighted by Gasteiger charge is -2.28. The lowest BCUT2D eigenvalue weighted by Crippen LogP contribution is -2.32. The van der Waals surface area contributed by atoms with Crippen LogP contribution in [0.1, 0.15) is 33.1 Å². The minimum atomic E-state index is -4.79. The van der Waals surface area contributed by atoms with Crippen molar-refractivity contribution in [3.63, 3.8) is 0 Å². The Balaban J connectivity index is 4.31. The van der Waals surface area contributed by atoms with Crippen molar-refractivity contribution in [2.24, 2.45) is 0 Å². The highest BCUT2D eigenvalue weighted by Gasteiger charge is 2.39. The molecular weight excluding hydrogens is 392 g/mol. The molecule has 0 aliphatic heterocycles. The molecule has 0 aromatic heterocycles. The highest BCUT2D eigenvalue weighted by molar-refractivity contribution is 14.1. The maximum Gasteiger partial charge on any atom is 0.368 e. The van der Waals surface area contributed by atoms with Crippen LogP contribution in [0.15, 0.2) is 0 Å². The Morgan fingerprint density at radius 3 is 2.42 bits per heavy atom. The maximum absolute atomic E-state index is 14.3. The van der Waals surface area contributed by atoms with Gasteiger partial charge >= 0.3 is 7.68 Å². The molecule has 3 atom stereocenters. The van der Waals surface area contributed by atoms with Crippen molar-refractivity contribution in [1.29, 1.82) is 0 Å². The normalized spacial score (nSPS) is 19.7. The minimum Gasteiger partial charge on any atom is -0.378 e. The lowest BCUT2D eigenvalue weighted by molar-refractivity contribution is -0.161. The summed E-state index contributed by atoms with van der Waals surface area (Å²) in [5.74, 6) is -2.08. The quantitative estimate of drug-likeness (QED) is 0.242. The van der Waals surface area contributed by atoms with E-state index in [-0.39, 0.29) is 26.1 Å². The molecule has 0 aromatic rings. The van der Waals surface area contributed by atoms with Crippen LogP contribution in [0.4, 0.5) is 8.59 Å². The molecule has 0 amide bonds. The van der Waals surface area contributed by atoms with Crippen molar-refractivity contribution in [3.05, 3.63) is 0 Å². The van der Waals surface area contributed by atoms with E-state index in [0.29, 0.717) is 6.61 Å². The van der Waals surface area contributed by atoms with Gasteiger partial charge in [-0.1, -0.05) is 36.4 Å². The topological polar surface area (TPSA) is 55.8 Å². The average Bonchev–Trinajstić information content (AvgIpc) is 2.34. The Labute approximate surface area is 127 Å². The molecule has 0 saturated carbocycles. The van der Waals surface area contributed by atoms with Gasteiger partial charge in [0.1, 0.15) is 0 Å². The van der Waals surface area contributed by atoms with Crippen molar-refractivity contribution >= 4 is 30.3 Å². The first kappa shape index (κ1) is 19.7. The van der Waals surface area contributed by atoms with Gasteiger partial charge in [-0.3, -0.25) is 4.57 Å². The molecule has 3 unspecified atom stereocenters. The molecule has 0 aromatic carbocycles. The number of halogens is 3. The van der Waals surface area contributed by atoms with Crippen molar-refractivity contribution in [2.45, 2.75) is 44.6 Å². The molecule has 1 N–H and O–H groups in total. The molecule has 0 heterocycles. The zero-order chi connectivity index (χ0) is 14.9. The van der Waals surface area contributed by atoms with Crippen LogP contribution in [0.5, 0.6) is 0 Å².